The van der Waals surface area contributed by atoms with Gasteiger partial charge in [-0.2, -0.15) is 0 Å². The molecule has 1 aliphatic heterocycles. The van der Waals surface area contributed by atoms with Gasteiger partial charge in [-0.25, -0.2) is 9.97 Å². The Hall–Kier alpha value is -1.69. The van der Waals surface area contributed by atoms with E-state index in [0.29, 0.717) is 6.04 Å². The molecule has 0 aromatic carbocycles. The summed E-state index contributed by atoms with van der Waals surface area (Å²) < 4.78 is 0. The quantitative estimate of drug-likeness (QED) is 0.807. The lowest BCUT2D eigenvalue weighted by molar-refractivity contribution is -0.125. The van der Waals surface area contributed by atoms with Crippen LogP contribution in [-0.2, 0) is 17.6 Å². The molecule has 0 spiro atoms. The number of nitrogens with one attached hydrogen (secondary N) is 1. The number of likely N-dealkylation sites (N-methyl/N-ethyl adjacent to an activating group) is 1. The predicted molar refractivity (Wildman–Crippen MR) is 104 cm³/mol. The monoisotopic (exact) mass is 359 g/mol. The molecule has 0 saturated carbocycles. The van der Waals surface area contributed by atoms with Crippen LogP contribution in [0, 0.1) is 5.92 Å². The number of aryl methyl sites for hydroxylation is 1. The minimum Gasteiger partial charge on any atom is -0.354 e. The Kier molecular flexibility index (Phi) is 6.46. The van der Waals surface area contributed by atoms with Gasteiger partial charge >= 0.3 is 0 Å². The second-order valence-corrected chi connectivity index (χ2v) is 7.42. The number of likely N-dealkylation sites (tertiary alicyclic amines) is 1. The molecule has 0 radical (unpaired) electrons. The van der Waals surface area contributed by atoms with E-state index in [1.54, 1.807) is 0 Å². The maximum Gasteiger partial charge on any atom is 0.225 e. The Labute approximate surface area is 157 Å². The Morgan fingerprint density at radius 3 is 2.85 bits per heavy atom. The number of nitrogens with zero attached hydrogens (tertiary/aromatic N) is 4. The molecule has 1 aliphatic carbocycles. The van der Waals surface area contributed by atoms with E-state index in [-0.39, 0.29) is 11.8 Å². The van der Waals surface area contributed by atoms with Crippen molar-refractivity contribution < 1.29 is 4.79 Å². The SMILES string of the molecule is CCN(CC)c1ncc2c(n1)CCC(C(=O)NCC1CCCN1CC)C2. The summed E-state index contributed by atoms with van der Waals surface area (Å²) in [5.41, 5.74) is 2.27. The second kappa shape index (κ2) is 8.80. The third-order valence-electron chi connectivity index (χ3n) is 5.97. The summed E-state index contributed by atoms with van der Waals surface area (Å²) in [6, 6.07) is 0.514. The van der Waals surface area contributed by atoms with Crippen LogP contribution < -0.4 is 10.2 Å². The molecular formula is C20H33N5O. The summed E-state index contributed by atoms with van der Waals surface area (Å²) in [4.78, 5) is 26.6. The van der Waals surface area contributed by atoms with Crippen LogP contribution in [-0.4, -0.2) is 59.5 Å². The number of rotatable bonds is 7. The van der Waals surface area contributed by atoms with Crippen LogP contribution in [0.4, 0.5) is 5.95 Å². The molecule has 2 unspecified atom stereocenters. The summed E-state index contributed by atoms with van der Waals surface area (Å²) >= 11 is 0. The van der Waals surface area contributed by atoms with Crippen LogP contribution >= 0.6 is 0 Å². The minimum atomic E-state index is 0.0573. The molecule has 0 bridgehead atoms. The lowest BCUT2D eigenvalue weighted by atomic mass is 9.86. The van der Waals surface area contributed by atoms with E-state index in [1.807, 2.05) is 6.20 Å². The highest BCUT2D eigenvalue weighted by Gasteiger charge is 2.28. The molecule has 1 N–H and O–H groups in total. The van der Waals surface area contributed by atoms with Crippen molar-refractivity contribution in [1.29, 1.82) is 0 Å². The van der Waals surface area contributed by atoms with E-state index >= 15 is 0 Å². The average molecular weight is 360 g/mol. The lowest BCUT2D eigenvalue weighted by Gasteiger charge is -2.27. The highest BCUT2D eigenvalue weighted by Crippen LogP contribution is 2.25. The normalized spacial score (nSPS) is 22.9. The fourth-order valence-electron chi connectivity index (χ4n) is 4.28. The van der Waals surface area contributed by atoms with Gasteiger partial charge in [-0.15, -0.1) is 0 Å². The Morgan fingerprint density at radius 2 is 2.12 bits per heavy atom. The van der Waals surface area contributed by atoms with E-state index in [4.69, 9.17) is 4.98 Å². The number of hydrogen-bond acceptors (Lipinski definition) is 5. The van der Waals surface area contributed by atoms with Crippen LogP contribution in [0.3, 0.4) is 0 Å². The summed E-state index contributed by atoms with van der Waals surface area (Å²) in [5.74, 6) is 1.07. The van der Waals surface area contributed by atoms with Gasteiger partial charge in [0.2, 0.25) is 11.9 Å². The van der Waals surface area contributed by atoms with Gasteiger partial charge in [0.05, 0.1) is 0 Å². The third kappa shape index (κ3) is 4.17. The topological polar surface area (TPSA) is 61.4 Å². The maximum absolute atomic E-state index is 12.6. The first-order valence-corrected chi connectivity index (χ1v) is 10.3. The van der Waals surface area contributed by atoms with Gasteiger partial charge in [0.25, 0.3) is 0 Å². The van der Waals surface area contributed by atoms with E-state index < -0.39 is 0 Å². The molecule has 144 valence electrons. The Morgan fingerprint density at radius 1 is 1.31 bits per heavy atom. The zero-order chi connectivity index (χ0) is 18.5. The highest BCUT2D eigenvalue weighted by atomic mass is 16.1. The van der Waals surface area contributed by atoms with Gasteiger partial charge < -0.3 is 10.2 Å². The van der Waals surface area contributed by atoms with Crippen molar-refractivity contribution in [2.24, 2.45) is 5.92 Å². The predicted octanol–water partition coefficient (Wildman–Crippen LogP) is 2.03. The van der Waals surface area contributed by atoms with Crippen LogP contribution in [0.25, 0.3) is 0 Å². The third-order valence-corrected chi connectivity index (χ3v) is 5.97. The van der Waals surface area contributed by atoms with E-state index in [2.05, 4.69) is 40.9 Å². The molecule has 2 aliphatic rings. The summed E-state index contributed by atoms with van der Waals surface area (Å²) in [6.45, 7) is 11.3. The standard InChI is InChI=1S/C20H33N5O/c1-4-24(5-2)20-22-13-16-12-15(9-10-18(16)23-20)19(26)21-14-17-8-7-11-25(17)6-3/h13,15,17H,4-12,14H2,1-3H3,(H,21,26). The van der Waals surface area contributed by atoms with E-state index in [1.165, 1.54) is 19.4 Å². The molecule has 2 atom stereocenters. The minimum absolute atomic E-state index is 0.0573. The molecule has 1 saturated heterocycles. The zero-order valence-corrected chi connectivity index (χ0v) is 16.5. The van der Waals surface area contributed by atoms with Gasteiger partial charge in [-0.05, 0) is 64.6 Å². The Bertz CT molecular complexity index is 616. The van der Waals surface area contributed by atoms with Crippen molar-refractivity contribution in [2.45, 2.75) is 58.9 Å². The molecule has 1 amide bonds. The molecule has 1 aromatic rings. The van der Waals surface area contributed by atoms with Gasteiger partial charge in [-0.3, -0.25) is 9.69 Å². The number of carbonyl (C=O) groups is 1. The fourth-order valence-corrected chi connectivity index (χ4v) is 4.28. The molecule has 3 rings (SSSR count). The number of hydrogen-bond donors (Lipinski definition) is 1. The zero-order valence-electron chi connectivity index (χ0n) is 16.5. The largest absolute Gasteiger partial charge is 0.354 e. The van der Waals surface area contributed by atoms with E-state index in [9.17, 15) is 4.79 Å². The maximum atomic E-state index is 12.6. The molecule has 26 heavy (non-hydrogen) atoms. The lowest BCUT2D eigenvalue weighted by Crippen LogP contribution is -2.43. The molecule has 6 nitrogen and oxygen atoms in total. The van der Waals surface area contributed by atoms with Gasteiger partial charge in [0, 0.05) is 43.5 Å². The number of fused-ring (bicyclic) bond motifs is 1. The number of anilines is 1. The first kappa shape index (κ1) is 19.1. The molecule has 6 heteroatoms. The first-order chi connectivity index (χ1) is 12.7. The first-order valence-electron chi connectivity index (χ1n) is 10.3. The van der Waals surface area contributed by atoms with Crippen molar-refractivity contribution in [3.63, 3.8) is 0 Å². The van der Waals surface area contributed by atoms with Crippen LogP contribution in [0.15, 0.2) is 6.20 Å². The second-order valence-electron chi connectivity index (χ2n) is 7.42. The van der Waals surface area contributed by atoms with Gasteiger partial charge in [0.15, 0.2) is 0 Å². The summed E-state index contributed by atoms with van der Waals surface area (Å²) in [5, 5.41) is 3.21. The number of carbonyl (C=O) groups excluding carboxylic acids is 1. The van der Waals surface area contributed by atoms with Gasteiger partial charge in [-0.1, -0.05) is 6.92 Å². The molecule has 1 fully saturated rings. The highest BCUT2D eigenvalue weighted by molar-refractivity contribution is 5.79. The summed E-state index contributed by atoms with van der Waals surface area (Å²) in [7, 11) is 0. The molecular weight excluding hydrogens is 326 g/mol. The van der Waals surface area contributed by atoms with Crippen LogP contribution in [0.2, 0.25) is 0 Å². The van der Waals surface area contributed by atoms with Crippen LogP contribution in [0.1, 0.15) is 51.3 Å². The number of aromatic nitrogens is 2. The number of amides is 1. The average Bonchev–Trinajstić information content (AvgIpc) is 3.14. The van der Waals surface area contributed by atoms with Gasteiger partial charge in [0.1, 0.15) is 0 Å². The fraction of sp³-hybridized carbons (Fsp3) is 0.750. The Balaban J connectivity index is 1.57. The van der Waals surface area contributed by atoms with Crippen molar-refractivity contribution in [2.75, 3.05) is 37.6 Å². The molecule has 2 heterocycles. The van der Waals surface area contributed by atoms with Crippen molar-refractivity contribution in [1.82, 2.24) is 20.2 Å². The molecule has 1 aromatic heterocycles. The summed E-state index contributed by atoms with van der Waals surface area (Å²) in [6.07, 6.45) is 6.90. The van der Waals surface area contributed by atoms with E-state index in [0.717, 1.165) is 62.6 Å². The van der Waals surface area contributed by atoms with Crippen molar-refractivity contribution in [3.8, 4) is 0 Å². The smallest absolute Gasteiger partial charge is 0.225 e. The van der Waals surface area contributed by atoms with Crippen molar-refractivity contribution >= 4 is 11.9 Å². The van der Waals surface area contributed by atoms with Crippen molar-refractivity contribution in [3.05, 3.63) is 17.5 Å². The van der Waals surface area contributed by atoms with Crippen LogP contribution in [0.5, 0.6) is 0 Å².